The maximum Gasteiger partial charge on any atom is 2.00 e. The van der Waals surface area contributed by atoms with Crippen LogP contribution in [0, 0.1) is 49.2 Å². The minimum Gasteiger partial charge on any atom is -0.485 e. The number of carbonyl (C=O) groups is 1. The molecule has 1 N–H and O–H groups in total. The summed E-state index contributed by atoms with van der Waals surface area (Å²) in [5.41, 5.74) is 26.8. The number of aromatic amines is 1. The Labute approximate surface area is 665 Å². The molecule has 2 unspecified atom stereocenters. The number of aromatic nitrogens is 1. The number of fused-ring (bicyclic) bond motifs is 26. The zero-order chi connectivity index (χ0) is 72.6. The fourth-order valence-corrected chi connectivity index (χ4v) is 20.3. The van der Waals surface area contributed by atoms with Gasteiger partial charge in [0.2, 0.25) is 0 Å². The summed E-state index contributed by atoms with van der Waals surface area (Å²) in [5.74, 6) is 2.30. The van der Waals surface area contributed by atoms with E-state index >= 15 is 0 Å². The fraction of sp³-hybridized carbons (Fsp3) is 0.0588. The molecule has 5 aliphatic heterocycles. The molecule has 6 heterocycles. The van der Waals surface area contributed by atoms with Crippen LogP contribution in [0.1, 0.15) is 88.2 Å². The van der Waals surface area contributed by atoms with Gasteiger partial charge < -0.3 is 34.0 Å². The number of nitrogens with one attached hydrogen (secondary N) is 1. The maximum absolute atomic E-state index is 14.9. The molecule has 0 saturated carbocycles. The predicted octanol–water partition coefficient (Wildman–Crippen LogP) is 23.1. The van der Waals surface area contributed by atoms with Crippen LogP contribution in [0.5, 0.6) is 17.2 Å². The minimum absolute atomic E-state index is 0. The monoisotopic (exact) mass is 1650 g/mol. The molecule has 23 rings (SSSR count). The topological polar surface area (TPSA) is 78.1 Å². The molecule has 3 spiro atoms. The molecular formula is C102H64N4O4U. The number of benzene rings is 15. The summed E-state index contributed by atoms with van der Waals surface area (Å²) in [5, 5.41) is 1.33. The molecule has 0 amide bonds. The van der Waals surface area contributed by atoms with Crippen molar-refractivity contribution in [2.75, 3.05) is 14.7 Å². The van der Waals surface area contributed by atoms with Crippen molar-refractivity contribution in [1.29, 1.82) is 0 Å². The van der Waals surface area contributed by atoms with Gasteiger partial charge in [-0.05, 0) is 176 Å². The quantitative estimate of drug-likeness (QED) is 0.101. The van der Waals surface area contributed by atoms with E-state index < -0.39 is 16.2 Å². The van der Waals surface area contributed by atoms with Gasteiger partial charge in [0.25, 0.3) is 0 Å². The Hall–Kier alpha value is -13.0. The van der Waals surface area contributed by atoms with E-state index in [1.54, 1.807) is 0 Å². The zero-order valence-corrected chi connectivity index (χ0v) is 64.1. The van der Waals surface area contributed by atoms with Crippen molar-refractivity contribution in [3.63, 3.8) is 0 Å². The van der Waals surface area contributed by atoms with E-state index in [2.05, 4.69) is 329 Å². The molecule has 16 aromatic rings. The number of hydrogen-bond acceptors (Lipinski definition) is 7. The van der Waals surface area contributed by atoms with E-state index in [1.807, 2.05) is 60.7 Å². The van der Waals surface area contributed by atoms with E-state index in [1.165, 1.54) is 44.5 Å². The van der Waals surface area contributed by atoms with Crippen LogP contribution in [0.2, 0.25) is 0 Å². The van der Waals surface area contributed by atoms with E-state index in [0.717, 1.165) is 125 Å². The Balaban J connectivity index is 0.00000758. The van der Waals surface area contributed by atoms with Crippen LogP contribution in [0.15, 0.2) is 363 Å². The van der Waals surface area contributed by atoms with Crippen LogP contribution in [-0.2, 0) is 22.7 Å². The first-order valence-corrected chi connectivity index (χ1v) is 37.7. The van der Waals surface area contributed by atoms with Crippen LogP contribution in [0.4, 0.5) is 51.2 Å². The van der Waals surface area contributed by atoms with E-state index in [9.17, 15) is 9.59 Å². The summed E-state index contributed by atoms with van der Waals surface area (Å²) in [6.07, 6.45) is 9.32. The molecular weight excluding hydrogens is 1580 g/mol. The molecule has 0 bridgehead atoms. The van der Waals surface area contributed by atoms with Gasteiger partial charge in [0.1, 0.15) is 23.4 Å². The number of nitrogens with zero attached hydrogens (tertiary/aromatic N) is 3. The number of rotatable bonds is 6. The molecule has 2 aliphatic carbocycles. The number of H-pyrrole nitrogens is 1. The summed E-state index contributed by atoms with van der Waals surface area (Å²) in [6.45, 7) is 0. The SMILES string of the molecule is O=C(c1[c-]cc(N2c3ccccc3C3(c4ccccc4Oc4cc(-c5cccc6c5Cc5ccccc5C65c6ccccc6N(c6ccc7c(=O)c8ccccc8[nH]c7c6)c6ccccc65)ccc43)c3ccccc32)cc1)c1[c-]cc(N2c3ccccc3C3(c4ccccc4OC4C=CC=CC43)c3ccccc32)cc1.[U+2]. The maximum atomic E-state index is 14.9. The standard InChI is InChI=1S/C102H64N4O4.U/c107-98(63-48-53-67(54-49-63)104-88-39-14-6-30-78(88)101(79-31-7-15-40-89(79)104)82-34-10-20-45-94(82)109-95-46-21-11-35-83(95)101)64-50-55-68(56-51-64)105-90-41-16-8-32-80(90)102(81-33-9-17-42-91(81)105)84-36-12-22-47-96(84)110-97-61-65(52-59-85(97)102)70-26-23-37-75-73(70)60-66-24-1-3-27-74(66)100(75)76-28-4-18-43-92(76)106(93-44-19-5-29-77(93)100)69-57-58-72-87(62-69)103-86-38-13-2-25-71(86)99(72)108;/h1-48,50,52-59,61-62,82,94H,60H2,(H,103,108);/q-2;+2. The third-order valence-electron chi connectivity index (χ3n) is 24.6. The first-order valence-electron chi connectivity index (χ1n) is 37.7. The van der Waals surface area contributed by atoms with Crippen molar-refractivity contribution >= 4 is 78.8 Å². The summed E-state index contributed by atoms with van der Waals surface area (Å²) < 4.78 is 14.1. The van der Waals surface area contributed by atoms with Crippen molar-refractivity contribution in [2.24, 2.45) is 5.92 Å². The second-order valence-electron chi connectivity index (χ2n) is 29.7. The van der Waals surface area contributed by atoms with Gasteiger partial charge in [0.15, 0.2) is 5.43 Å². The van der Waals surface area contributed by atoms with Gasteiger partial charge in [-0.15, -0.1) is 59.7 Å². The Morgan fingerprint density at radius 3 is 1.47 bits per heavy atom. The van der Waals surface area contributed by atoms with Crippen LogP contribution < -0.4 is 29.6 Å². The van der Waals surface area contributed by atoms with E-state index in [0.29, 0.717) is 21.9 Å². The van der Waals surface area contributed by atoms with Gasteiger partial charge in [-0.3, -0.25) is 4.79 Å². The molecule has 15 aromatic carbocycles. The second-order valence-corrected chi connectivity index (χ2v) is 29.7. The number of ketones is 1. The van der Waals surface area contributed by atoms with Crippen molar-refractivity contribution in [2.45, 2.75) is 28.8 Å². The first kappa shape index (κ1) is 65.1. The first-order chi connectivity index (χ1) is 54.4. The Bertz CT molecular complexity index is 6630. The molecule has 111 heavy (non-hydrogen) atoms. The molecule has 9 heteroatoms. The van der Waals surface area contributed by atoms with Crippen LogP contribution >= 0.6 is 0 Å². The van der Waals surface area contributed by atoms with Gasteiger partial charge in [-0.25, -0.2) is 0 Å². The smallest absolute Gasteiger partial charge is 0.485 e. The molecule has 7 aliphatic rings. The van der Waals surface area contributed by atoms with Crippen LogP contribution in [-0.4, -0.2) is 16.9 Å². The average molecular weight is 1650 g/mol. The van der Waals surface area contributed by atoms with Gasteiger partial charge in [-0.2, -0.15) is 0 Å². The molecule has 1 aromatic heterocycles. The third kappa shape index (κ3) is 8.99. The molecule has 0 saturated heterocycles. The summed E-state index contributed by atoms with van der Waals surface area (Å²) in [7, 11) is 0. The molecule has 0 fully saturated rings. The number of pyridine rings is 1. The van der Waals surface area contributed by atoms with Crippen LogP contribution in [0.25, 0.3) is 32.9 Å². The van der Waals surface area contributed by atoms with Gasteiger partial charge in [-0.1, -0.05) is 231 Å². The predicted molar refractivity (Wildman–Crippen MR) is 438 cm³/mol. The molecule has 0 radical (unpaired) electrons. The van der Waals surface area contributed by atoms with Crippen molar-refractivity contribution in [3.8, 4) is 28.4 Å². The van der Waals surface area contributed by atoms with E-state index in [-0.39, 0.29) is 54.3 Å². The molecule has 8 nitrogen and oxygen atoms in total. The normalized spacial score (nSPS) is 16.5. The number of para-hydroxylation sites is 9. The van der Waals surface area contributed by atoms with Crippen molar-refractivity contribution in [1.82, 2.24) is 4.98 Å². The zero-order valence-electron chi connectivity index (χ0n) is 59.9. The molecule has 520 valence electrons. The van der Waals surface area contributed by atoms with Crippen molar-refractivity contribution < 1.29 is 45.4 Å². The van der Waals surface area contributed by atoms with Gasteiger partial charge in [0, 0.05) is 67.3 Å². The summed E-state index contributed by atoms with van der Waals surface area (Å²) in [6, 6.07) is 125. The van der Waals surface area contributed by atoms with Gasteiger partial charge in [0.05, 0.1) is 38.9 Å². The van der Waals surface area contributed by atoms with Crippen LogP contribution in [0.3, 0.4) is 0 Å². The fourth-order valence-electron chi connectivity index (χ4n) is 20.3. The minimum atomic E-state index is -0.827. The number of ether oxygens (including phenoxy) is 2. The second kappa shape index (κ2) is 24.7. The van der Waals surface area contributed by atoms with E-state index in [4.69, 9.17) is 9.47 Å². The summed E-state index contributed by atoms with van der Waals surface area (Å²) >= 11 is 0. The summed E-state index contributed by atoms with van der Waals surface area (Å²) in [4.78, 5) is 39.5. The number of anilines is 9. The Morgan fingerprint density at radius 2 is 0.856 bits per heavy atom. The van der Waals surface area contributed by atoms with Gasteiger partial charge >= 0.3 is 31.1 Å². The molecule has 2 atom stereocenters. The third-order valence-corrected chi connectivity index (χ3v) is 24.6. The largest absolute Gasteiger partial charge is 2.00 e. The Morgan fingerprint density at radius 1 is 0.387 bits per heavy atom. The number of carbonyl (C=O) groups excluding carboxylic acids is 1. The average Bonchev–Trinajstić information content (AvgIpc) is 0.690. The van der Waals surface area contributed by atoms with Crippen molar-refractivity contribution in [3.05, 3.63) is 464 Å². The number of hydrogen-bond donors (Lipinski definition) is 1. The Kier molecular flexibility index (Phi) is 14.5. The number of allylic oxidation sites excluding steroid dienone is 2.